The normalized spacial score (nSPS) is 25.6. The minimum absolute atomic E-state index is 0.0214. The van der Waals surface area contributed by atoms with Gasteiger partial charge in [-0.25, -0.2) is 0 Å². The van der Waals surface area contributed by atoms with E-state index in [0.29, 0.717) is 30.1 Å². The molecule has 1 aromatic rings. The predicted octanol–water partition coefficient (Wildman–Crippen LogP) is 2.39. The van der Waals surface area contributed by atoms with Gasteiger partial charge in [0.15, 0.2) is 0 Å². The highest BCUT2D eigenvalue weighted by molar-refractivity contribution is 6.07. The SMILES string of the molecule is C=C(C(=O)N1CCCC2(C1)C(=O)Nc1ccccc12)/C(C)=C(/N)NC1(C)CC1. The lowest BCUT2D eigenvalue weighted by Crippen LogP contribution is -2.52. The third-order valence-electron chi connectivity index (χ3n) is 6.46. The standard InChI is InChI=1S/C22H28N4O2/c1-14(18(23)25-21(3)10-11-21)15(2)19(27)26-12-6-9-22(13-26)16-7-4-5-8-17(16)24-20(22)28/h4-5,7-8,25H,2,6,9-13,23H2,1,3H3,(H,24,28)/b18-14-. The highest BCUT2D eigenvalue weighted by Gasteiger charge is 2.50. The summed E-state index contributed by atoms with van der Waals surface area (Å²) in [4.78, 5) is 27.8. The second kappa shape index (κ2) is 6.40. The summed E-state index contributed by atoms with van der Waals surface area (Å²) in [7, 11) is 0. The number of carbonyl (C=O) groups is 2. The molecule has 0 radical (unpaired) electrons. The first-order valence-corrected chi connectivity index (χ1v) is 9.90. The zero-order chi connectivity index (χ0) is 20.1. The molecule has 1 atom stereocenters. The topological polar surface area (TPSA) is 87.5 Å². The Kier molecular flexibility index (Phi) is 4.25. The first-order valence-electron chi connectivity index (χ1n) is 9.90. The molecule has 1 saturated heterocycles. The zero-order valence-electron chi connectivity index (χ0n) is 16.6. The van der Waals surface area contributed by atoms with Gasteiger partial charge in [0, 0.05) is 35.5 Å². The van der Waals surface area contributed by atoms with Gasteiger partial charge < -0.3 is 21.3 Å². The maximum atomic E-state index is 13.2. The van der Waals surface area contributed by atoms with Crippen molar-refractivity contribution in [2.24, 2.45) is 5.73 Å². The molecule has 1 aliphatic carbocycles. The summed E-state index contributed by atoms with van der Waals surface area (Å²) in [6.45, 7) is 8.93. The number of anilines is 1. The van der Waals surface area contributed by atoms with E-state index in [4.69, 9.17) is 5.73 Å². The molecule has 6 heteroatoms. The van der Waals surface area contributed by atoms with Crippen LogP contribution in [0.2, 0.25) is 0 Å². The van der Waals surface area contributed by atoms with Gasteiger partial charge >= 0.3 is 0 Å². The van der Waals surface area contributed by atoms with Crippen LogP contribution in [0.3, 0.4) is 0 Å². The fourth-order valence-corrected chi connectivity index (χ4v) is 4.25. The summed E-state index contributed by atoms with van der Waals surface area (Å²) < 4.78 is 0. The third kappa shape index (κ3) is 2.97. The third-order valence-corrected chi connectivity index (χ3v) is 6.46. The Labute approximate surface area is 165 Å². The van der Waals surface area contributed by atoms with Crippen LogP contribution in [0.15, 0.2) is 47.8 Å². The molecule has 3 aliphatic rings. The highest BCUT2D eigenvalue weighted by atomic mass is 16.2. The number of hydrogen-bond donors (Lipinski definition) is 3. The molecule has 0 aromatic heterocycles. The average molecular weight is 380 g/mol. The minimum atomic E-state index is -0.673. The Morgan fingerprint density at radius 1 is 1.29 bits per heavy atom. The molecule has 2 amide bonds. The van der Waals surface area contributed by atoms with Crippen LogP contribution in [-0.4, -0.2) is 35.3 Å². The minimum Gasteiger partial charge on any atom is -0.385 e. The Morgan fingerprint density at radius 2 is 2.00 bits per heavy atom. The molecular formula is C22H28N4O2. The van der Waals surface area contributed by atoms with Gasteiger partial charge in [-0.1, -0.05) is 24.8 Å². The molecule has 0 bridgehead atoms. The molecule has 1 aromatic carbocycles. The summed E-state index contributed by atoms with van der Waals surface area (Å²) in [5, 5.41) is 6.28. The van der Waals surface area contributed by atoms with Gasteiger partial charge in [-0.05, 0) is 51.2 Å². The fourth-order valence-electron chi connectivity index (χ4n) is 4.25. The van der Waals surface area contributed by atoms with Crippen LogP contribution in [-0.2, 0) is 15.0 Å². The molecule has 1 saturated carbocycles. The number of likely N-dealkylation sites (tertiary alicyclic amines) is 1. The van der Waals surface area contributed by atoms with Crippen LogP contribution >= 0.6 is 0 Å². The van der Waals surface area contributed by atoms with E-state index in [1.54, 1.807) is 4.90 Å². The van der Waals surface area contributed by atoms with Crippen LogP contribution in [0.5, 0.6) is 0 Å². The first-order chi connectivity index (χ1) is 13.3. The first kappa shape index (κ1) is 18.6. The molecule has 6 nitrogen and oxygen atoms in total. The number of carbonyl (C=O) groups excluding carboxylic acids is 2. The van der Waals surface area contributed by atoms with Crippen molar-refractivity contribution < 1.29 is 9.59 Å². The lowest BCUT2D eigenvalue weighted by atomic mass is 9.75. The van der Waals surface area contributed by atoms with E-state index >= 15 is 0 Å². The Balaban J connectivity index is 1.55. The van der Waals surface area contributed by atoms with Gasteiger partial charge in [-0.3, -0.25) is 9.59 Å². The number of fused-ring (bicyclic) bond motifs is 2. The van der Waals surface area contributed by atoms with E-state index in [1.807, 2.05) is 31.2 Å². The number of hydrogen-bond acceptors (Lipinski definition) is 4. The number of rotatable bonds is 4. The number of piperidine rings is 1. The van der Waals surface area contributed by atoms with E-state index in [0.717, 1.165) is 36.9 Å². The van der Waals surface area contributed by atoms with Crippen LogP contribution in [0.1, 0.15) is 45.1 Å². The highest BCUT2D eigenvalue weighted by Crippen LogP contribution is 2.44. The van der Waals surface area contributed by atoms with E-state index in [2.05, 4.69) is 24.1 Å². The lowest BCUT2D eigenvalue weighted by molar-refractivity contribution is -0.131. The molecule has 28 heavy (non-hydrogen) atoms. The van der Waals surface area contributed by atoms with Crippen molar-refractivity contribution in [3.63, 3.8) is 0 Å². The van der Waals surface area contributed by atoms with Gasteiger partial charge in [0.1, 0.15) is 5.82 Å². The monoisotopic (exact) mass is 380 g/mol. The summed E-state index contributed by atoms with van der Waals surface area (Å²) in [5.41, 5.74) is 8.45. The number of nitrogens with one attached hydrogen (secondary N) is 2. The zero-order valence-corrected chi connectivity index (χ0v) is 16.6. The summed E-state index contributed by atoms with van der Waals surface area (Å²) in [6, 6.07) is 7.76. The van der Waals surface area contributed by atoms with Crippen molar-refractivity contribution in [2.75, 3.05) is 18.4 Å². The molecule has 2 aliphatic heterocycles. The summed E-state index contributed by atoms with van der Waals surface area (Å²) in [6.07, 6.45) is 3.66. The van der Waals surface area contributed by atoms with E-state index in [9.17, 15) is 9.59 Å². The molecule has 2 heterocycles. The quantitative estimate of drug-likeness (QED) is 0.553. The fraction of sp³-hybridized carbons (Fsp3) is 0.455. The molecule has 1 unspecified atom stereocenters. The maximum Gasteiger partial charge on any atom is 0.253 e. The van der Waals surface area contributed by atoms with Crippen molar-refractivity contribution in [1.29, 1.82) is 0 Å². The second-order valence-corrected chi connectivity index (χ2v) is 8.61. The largest absolute Gasteiger partial charge is 0.385 e. The van der Waals surface area contributed by atoms with E-state index in [-0.39, 0.29) is 17.4 Å². The van der Waals surface area contributed by atoms with E-state index < -0.39 is 5.41 Å². The van der Waals surface area contributed by atoms with Crippen LogP contribution < -0.4 is 16.4 Å². The Bertz CT molecular complexity index is 900. The van der Waals surface area contributed by atoms with Crippen molar-refractivity contribution in [1.82, 2.24) is 10.2 Å². The van der Waals surface area contributed by atoms with E-state index in [1.165, 1.54) is 0 Å². The molecular weight excluding hydrogens is 352 g/mol. The average Bonchev–Trinajstić information content (AvgIpc) is 3.36. The van der Waals surface area contributed by atoms with Crippen molar-refractivity contribution in [3.8, 4) is 0 Å². The van der Waals surface area contributed by atoms with Gasteiger partial charge in [0.05, 0.1) is 5.41 Å². The van der Waals surface area contributed by atoms with Gasteiger partial charge in [-0.2, -0.15) is 0 Å². The molecule has 4 rings (SSSR count). The molecule has 148 valence electrons. The van der Waals surface area contributed by atoms with Crippen LogP contribution in [0.25, 0.3) is 0 Å². The van der Waals surface area contributed by atoms with Gasteiger partial charge in [0.2, 0.25) is 5.91 Å². The maximum absolute atomic E-state index is 13.2. The van der Waals surface area contributed by atoms with Crippen LogP contribution in [0, 0.1) is 0 Å². The summed E-state index contributed by atoms with van der Waals surface area (Å²) >= 11 is 0. The number of benzene rings is 1. The Hall–Kier alpha value is -2.76. The van der Waals surface area contributed by atoms with Crippen LogP contribution in [0.4, 0.5) is 5.69 Å². The van der Waals surface area contributed by atoms with Crippen molar-refractivity contribution >= 4 is 17.5 Å². The number of amides is 2. The summed E-state index contributed by atoms with van der Waals surface area (Å²) in [5.74, 6) is 0.334. The lowest BCUT2D eigenvalue weighted by Gasteiger charge is -2.39. The number of nitrogens with two attached hydrogens (primary N) is 1. The van der Waals surface area contributed by atoms with Crippen molar-refractivity contribution in [3.05, 3.63) is 53.4 Å². The predicted molar refractivity (Wildman–Crippen MR) is 109 cm³/mol. The molecule has 2 fully saturated rings. The molecule has 1 spiro atoms. The van der Waals surface area contributed by atoms with Gasteiger partial charge in [-0.15, -0.1) is 0 Å². The number of para-hydroxylation sites is 1. The smallest absolute Gasteiger partial charge is 0.253 e. The van der Waals surface area contributed by atoms with Gasteiger partial charge in [0.25, 0.3) is 5.91 Å². The Morgan fingerprint density at radius 3 is 2.71 bits per heavy atom. The second-order valence-electron chi connectivity index (χ2n) is 8.61. The molecule has 4 N–H and O–H groups in total. The number of nitrogens with zero attached hydrogens (tertiary/aromatic N) is 1. The van der Waals surface area contributed by atoms with Crippen molar-refractivity contribution in [2.45, 2.75) is 50.5 Å².